The largest absolute Gasteiger partial charge is 0.344 e. The van der Waals surface area contributed by atoms with Gasteiger partial charge >= 0.3 is 7.60 Å². The van der Waals surface area contributed by atoms with Crippen molar-refractivity contribution in [3.05, 3.63) is 60.2 Å². The molecule has 0 aliphatic carbocycles. The molecule has 0 heterocycles. The Bertz CT molecular complexity index is 842. The predicted octanol–water partition coefficient (Wildman–Crippen LogP) is 4.32. The minimum atomic E-state index is -3.81. The van der Waals surface area contributed by atoms with Crippen molar-refractivity contribution < 1.29 is 28.2 Å². The van der Waals surface area contributed by atoms with Gasteiger partial charge in [0.1, 0.15) is 6.61 Å². The maximum absolute atomic E-state index is 12.4. The molecule has 2 N–H and O–H groups in total. The number of halogens is 1. The van der Waals surface area contributed by atoms with Crippen LogP contribution in [0, 0.1) is 0 Å². The summed E-state index contributed by atoms with van der Waals surface area (Å²) in [6.07, 6.45) is -0.945. The highest BCUT2D eigenvalue weighted by Gasteiger charge is 2.26. The monoisotopic (exact) mass is 409 g/mol. The molecule has 0 aromatic heterocycles. The van der Waals surface area contributed by atoms with E-state index in [0.29, 0.717) is 16.9 Å². The van der Waals surface area contributed by atoms with Crippen LogP contribution < -0.4 is 5.32 Å². The lowest BCUT2D eigenvalue weighted by Crippen LogP contribution is -2.45. The van der Waals surface area contributed by atoms with Crippen molar-refractivity contribution in [3.63, 3.8) is 0 Å². The SMILES string of the molecule is CC(OP(C)(=O)O)C(COF)NC(=O)c1ccc(/N=N/c2ccccc2)cc1. The zero-order valence-electron chi connectivity index (χ0n) is 15.4. The summed E-state index contributed by atoms with van der Waals surface area (Å²) < 4.78 is 28.6. The fourth-order valence-corrected chi connectivity index (χ4v) is 3.05. The lowest BCUT2D eigenvalue weighted by molar-refractivity contribution is -0.144. The molecule has 0 saturated carbocycles. The Morgan fingerprint density at radius 1 is 1.14 bits per heavy atom. The standard InChI is InChI=1S/C18H21FN3O5P/c1-13(27-28(2,24)25)17(12-26-19)20-18(23)14-8-10-16(11-9-14)22-21-15-6-4-3-5-7-15/h3-11,13,17H,12H2,1-2H3,(H,20,23)(H,24,25)/b22-21+. The van der Waals surface area contributed by atoms with Crippen molar-refractivity contribution in [1.29, 1.82) is 0 Å². The van der Waals surface area contributed by atoms with Crippen LogP contribution in [0.4, 0.5) is 15.9 Å². The number of carbonyl (C=O) groups is 1. The maximum Gasteiger partial charge on any atom is 0.325 e. The number of hydrogen-bond acceptors (Lipinski definition) is 6. The molecule has 3 atom stereocenters. The number of hydrogen-bond donors (Lipinski definition) is 2. The predicted molar refractivity (Wildman–Crippen MR) is 102 cm³/mol. The smallest absolute Gasteiger partial charge is 0.325 e. The molecule has 2 aromatic carbocycles. The van der Waals surface area contributed by atoms with Crippen LogP contribution in [-0.2, 0) is 14.0 Å². The Kier molecular flexibility index (Phi) is 7.95. The number of carbonyl (C=O) groups excluding carboxylic acids is 1. The molecule has 3 unspecified atom stereocenters. The van der Waals surface area contributed by atoms with E-state index >= 15 is 0 Å². The molecule has 0 saturated heterocycles. The number of amides is 1. The van der Waals surface area contributed by atoms with E-state index < -0.39 is 32.3 Å². The van der Waals surface area contributed by atoms with Crippen LogP contribution in [-0.4, -0.2) is 36.2 Å². The van der Waals surface area contributed by atoms with E-state index in [1.807, 2.05) is 30.3 Å². The van der Waals surface area contributed by atoms with Gasteiger partial charge in [0.15, 0.2) is 0 Å². The van der Waals surface area contributed by atoms with Crippen LogP contribution in [0.2, 0.25) is 0 Å². The Balaban J connectivity index is 2.02. The van der Waals surface area contributed by atoms with Gasteiger partial charge in [-0.3, -0.25) is 9.36 Å². The second kappa shape index (κ2) is 10.2. The first kappa shape index (κ1) is 21.8. The van der Waals surface area contributed by atoms with Gasteiger partial charge in [-0.05, 0) is 47.8 Å². The van der Waals surface area contributed by atoms with Crippen LogP contribution in [0.1, 0.15) is 17.3 Å². The van der Waals surface area contributed by atoms with Gasteiger partial charge in [-0.15, -0.1) is 0 Å². The van der Waals surface area contributed by atoms with Gasteiger partial charge in [0.2, 0.25) is 0 Å². The van der Waals surface area contributed by atoms with Gasteiger partial charge in [-0.25, -0.2) is 0 Å². The van der Waals surface area contributed by atoms with E-state index in [2.05, 4.69) is 20.5 Å². The van der Waals surface area contributed by atoms with Crippen LogP contribution >= 0.6 is 7.60 Å². The molecule has 0 spiro atoms. The van der Waals surface area contributed by atoms with Crippen LogP contribution in [0.15, 0.2) is 64.8 Å². The van der Waals surface area contributed by atoms with Crippen molar-refractivity contribution in [3.8, 4) is 0 Å². The molecular formula is C18H21FN3O5P. The first-order chi connectivity index (χ1) is 13.3. The molecule has 2 aromatic rings. The van der Waals surface area contributed by atoms with Crippen LogP contribution in [0.5, 0.6) is 0 Å². The van der Waals surface area contributed by atoms with Gasteiger partial charge in [-0.1, -0.05) is 18.2 Å². The summed E-state index contributed by atoms with van der Waals surface area (Å²) in [7, 11) is -3.81. The molecule has 2 rings (SSSR count). The summed E-state index contributed by atoms with van der Waals surface area (Å²) in [4.78, 5) is 25.2. The zero-order chi connectivity index (χ0) is 20.6. The summed E-state index contributed by atoms with van der Waals surface area (Å²) in [5.74, 6) is -0.520. The normalized spacial score (nSPS) is 15.7. The molecule has 0 bridgehead atoms. The zero-order valence-corrected chi connectivity index (χ0v) is 16.3. The van der Waals surface area contributed by atoms with E-state index in [4.69, 9.17) is 4.52 Å². The van der Waals surface area contributed by atoms with E-state index in [9.17, 15) is 18.8 Å². The van der Waals surface area contributed by atoms with Gasteiger partial charge < -0.3 is 14.7 Å². The molecule has 8 nitrogen and oxygen atoms in total. The van der Waals surface area contributed by atoms with Crippen molar-refractivity contribution in [1.82, 2.24) is 5.32 Å². The molecule has 0 aliphatic heterocycles. The fraction of sp³-hybridized carbons (Fsp3) is 0.278. The molecular weight excluding hydrogens is 388 g/mol. The van der Waals surface area contributed by atoms with Crippen molar-refractivity contribution in [2.75, 3.05) is 13.3 Å². The second-order valence-corrected chi connectivity index (χ2v) is 7.87. The highest BCUT2D eigenvalue weighted by atomic mass is 31.2. The minimum absolute atomic E-state index is 0.290. The number of nitrogens with zero attached hydrogens (tertiary/aromatic N) is 2. The van der Waals surface area contributed by atoms with Crippen LogP contribution in [0.3, 0.4) is 0 Å². The molecule has 0 radical (unpaired) electrons. The first-order valence-electron chi connectivity index (χ1n) is 8.38. The Morgan fingerprint density at radius 2 is 1.71 bits per heavy atom. The molecule has 1 amide bonds. The quantitative estimate of drug-likeness (QED) is 0.473. The second-order valence-electron chi connectivity index (χ2n) is 6.05. The third-order valence-electron chi connectivity index (χ3n) is 3.65. The topological polar surface area (TPSA) is 110 Å². The highest BCUT2D eigenvalue weighted by Crippen LogP contribution is 2.38. The number of rotatable bonds is 9. The fourth-order valence-electron chi connectivity index (χ4n) is 2.29. The maximum atomic E-state index is 12.4. The van der Waals surface area contributed by atoms with Gasteiger partial charge in [0, 0.05) is 12.2 Å². The summed E-state index contributed by atoms with van der Waals surface area (Å²) in [5, 5.41) is 10.7. The highest BCUT2D eigenvalue weighted by molar-refractivity contribution is 7.51. The molecule has 0 fully saturated rings. The average Bonchev–Trinajstić information content (AvgIpc) is 2.66. The van der Waals surface area contributed by atoms with E-state index in [-0.39, 0.29) is 0 Å². The molecule has 10 heteroatoms. The van der Waals surface area contributed by atoms with Gasteiger partial charge in [0.25, 0.3) is 5.91 Å². The third kappa shape index (κ3) is 7.28. The third-order valence-corrected chi connectivity index (χ3v) is 4.38. The molecule has 0 aliphatic rings. The summed E-state index contributed by atoms with van der Waals surface area (Å²) in [5.41, 5.74) is 1.54. The number of nitrogens with one attached hydrogen (secondary N) is 1. The average molecular weight is 409 g/mol. The van der Waals surface area contributed by atoms with Gasteiger partial charge in [-0.2, -0.15) is 15.2 Å². The number of benzene rings is 2. The molecule has 28 heavy (non-hydrogen) atoms. The Hall–Kier alpha value is -2.45. The lowest BCUT2D eigenvalue weighted by atomic mass is 10.1. The van der Waals surface area contributed by atoms with E-state index in [1.165, 1.54) is 19.1 Å². The Labute approximate surface area is 161 Å². The lowest BCUT2D eigenvalue weighted by Gasteiger charge is -2.24. The summed E-state index contributed by atoms with van der Waals surface area (Å²) in [6, 6.07) is 14.5. The van der Waals surface area contributed by atoms with Gasteiger partial charge in [0.05, 0.1) is 23.5 Å². The van der Waals surface area contributed by atoms with E-state index in [0.717, 1.165) is 6.66 Å². The summed E-state index contributed by atoms with van der Waals surface area (Å²) >= 11 is 0. The Morgan fingerprint density at radius 3 is 2.25 bits per heavy atom. The van der Waals surface area contributed by atoms with Crippen LogP contribution in [0.25, 0.3) is 0 Å². The van der Waals surface area contributed by atoms with E-state index in [1.54, 1.807) is 12.1 Å². The number of azo groups is 1. The van der Waals surface area contributed by atoms with Crippen molar-refractivity contribution in [2.45, 2.75) is 19.1 Å². The van der Waals surface area contributed by atoms with Crippen molar-refractivity contribution in [2.24, 2.45) is 10.2 Å². The minimum Gasteiger partial charge on any atom is -0.344 e. The molecule has 150 valence electrons. The van der Waals surface area contributed by atoms with Crippen molar-refractivity contribution >= 4 is 24.9 Å². The summed E-state index contributed by atoms with van der Waals surface area (Å²) in [6.45, 7) is 1.90. The first-order valence-corrected chi connectivity index (χ1v) is 10.4.